The van der Waals surface area contributed by atoms with Gasteiger partial charge in [-0.1, -0.05) is 24.3 Å². The van der Waals surface area contributed by atoms with E-state index in [0.717, 1.165) is 18.4 Å². The number of rotatable bonds is 5. The van der Waals surface area contributed by atoms with E-state index in [-0.39, 0.29) is 11.7 Å². The lowest BCUT2D eigenvalue weighted by Crippen LogP contribution is -2.27. The van der Waals surface area contributed by atoms with Gasteiger partial charge in [-0.15, -0.1) is 0 Å². The highest BCUT2D eigenvalue weighted by Gasteiger charge is 2.13. The van der Waals surface area contributed by atoms with Crippen LogP contribution in [0.3, 0.4) is 0 Å². The van der Waals surface area contributed by atoms with Crippen molar-refractivity contribution < 1.29 is 9.18 Å². The van der Waals surface area contributed by atoms with Crippen LogP contribution in [-0.4, -0.2) is 12.5 Å². The second-order valence-electron chi connectivity index (χ2n) is 4.70. The maximum absolute atomic E-state index is 12.9. The van der Waals surface area contributed by atoms with Gasteiger partial charge in [0.15, 0.2) is 0 Å². The molecule has 0 spiro atoms. The fourth-order valence-corrected chi connectivity index (χ4v) is 2.21. The second-order valence-corrected chi connectivity index (χ2v) is 4.70. The first-order chi connectivity index (χ1) is 8.74. The van der Waals surface area contributed by atoms with E-state index in [9.17, 15) is 9.18 Å². The predicted molar refractivity (Wildman–Crippen MR) is 69.6 cm³/mol. The van der Waals surface area contributed by atoms with Crippen molar-refractivity contribution in [3.63, 3.8) is 0 Å². The Labute approximate surface area is 107 Å². The smallest absolute Gasteiger partial charge is 0.220 e. The molecule has 0 saturated heterocycles. The van der Waals surface area contributed by atoms with Crippen molar-refractivity contribution in [2.75, 3.05) is 6.54 Å². The number of halogens is 1. The van der Waals surface area contributed by atoms with Crippen LogP contribution in [0.15, 0.2) is 36.4 Å². The van der Waals surface area contributed by atoms with Gasteiger partial charge in [0.2, 0.25) is 5.91 Å². The highest BCUT2D eigenvalue weighted by molar-refractivity contribution is 5.76. The zero-order chi connectivity index (χ0) is 12.8. The Bertz CT molecular complexity index is 442. The van der Waals surface area contributed by atoms with Crippen molar-refractivity contribution in [2.45, 2.75) is 25.7 Å². The van der Waals surface area contributed by atoms with Crippen molar-refractivity contribution in [1.29, 1.82) is 0 Å². The molecular formula is C15H18FNO. The number of benzene rings is 1. The van der Waals surface area contributed by atoms with Gasteiger partial charge < -0.3 is 5.32 Å². The van der Waals surface area contributed by atoms with E-state index < -0.39 is 0 Å². The third-order valence-corrected chi connectivity index (χ3v) is 3.18. The molecule has 2 rings (SSSR count). The second kappa shape index (κ2) is 6.34. The first-order valence-corrected chi connectivity index (χ1v) is 6.42. The summed E-state index contributed by atoms with van der Waals surface area (Å²) < 4.78 is 12.9. The Kier molecular flexibility index (Phi) is 4.51. The molecule has 0 saturated carbocycles. The summed E-state index contributed by atoms with van der Waals surface area (Å²) in [5, 5.41) is 2.88. The molecule has 0 unspecified atom stereocenters. The number of nitrogens with one attached hydrogen (secondary N) is 1. The van der Waals surface area contributed by atoms with Gasteiger partial charge in [0, 0.05) is 13.0 Å². The van der Waals surface area contributed by atoms with Crippen molar-refractivity contribution in [3.05, 3.63) is 47.8 Å². The summed E-state index contributed by atoms with van der Waals surface area (Å²) in [5.74, 6) is 0.261. The highest BCUT2D eigenvalue weighted by Crippen LogP contribution is 2.19. The van der Waals surface area contributed by atoms with Crippen molar-refractivity contribution in [2.24, 2.45) is 5.92 Å². The Hall–Kier alpha value is -1.64. The van der Waals surface area contributed by atoms with E-state index in [2.05, 4.69) is 17.5 Å². The van der Waals surface area contributed by atoms with Crippen LogP contribution < -0.4 is 5.32 Å². The van der Waals surface area contributed by atoms with E-state index in [4.69, 9.17) is 0 Å². The number of allylic oxidation sites excluding steroid dienone is 2. The van der Waals surface area contributed by atoms with Gasteiger partial charge >= 0.3 is 0 Å². The highest BCUT2D eigenvalue weighted by atomic mass is 19.1. The lowest BCUT2D eigenvalue weighted by molar-refractivity contribution is -0.121. The van der Waals surface area contributed by atoms with Crippen LogP contribution in [-0.2, 0) is 11.2 Å². The molecule has 0 aromatic heterocycles. The largest absolute Gasteiger partial charge is 0.356 e. The van der Waals surface area contributed by atoms with E-state index >= 15 is 0 Å². The van der Waals surface area contributed by atoms with Crippen LogP contribution in [0.5, 0.6) is 0 Å². The van der Waals surface area contributed by atoms with Gasteiger partial charge in [0.25, 0.3) is 0 Å². The molecular weight excluding hydrogens is 229 g/mol. The normalized spacial score (nSPS) is 17.9. The number of amides is 1. The summed E-state index contributed by atoms with van der Waals surface area (Å²) in [4.78, 5) is 11.6. The summed E-state index contributed by atoms with van der Waals surface area (Å²) in [5.41, 5.74) is 0.913. The molecule has 0 fully saturated rings. The Morgan fingerprint density at radius 3 is 3.06 bits per heavy atom. The molecule has 18 heavy (non-hydrogen) atoms. The average molecular weight is 247 g/mol. The number of hydrogen-bond acceptors (Lipinski definition) is 1. The lowest BCUT2D eigenvalue weighted by Gasteiger charge is -2.08. The Balaban J connectivity index is 1.68. The molecule has 1 atom stereocenters. The predicted octanol–water partition coefficient (Wildman–Crippen LogP) is 2.84. The van der Waals surface area contributed by atoms with Gasteiger partial charge in [-0.05, 0) is 42.9 Å². The summed E-state index contributed by atoms with van der Waals surface area (Å²) in [6, 6.07) is 6.49. The van der Waals surface area contributed by atoms with Crippen LogP contribution in [0.2, 0.25) is 0 Å². The zero-order valence-electron chi connectivity index (χ0n) is 10.4. The Morgan fingerprint density at radius 1 is 1.44 bits per heavy atom. The van der Waals surface area contributed by atoms with Crippen LogP contribution in [0, 0.1) is 11.7 Å². The molecule has 1 amide bonds. The average Bonchev–Trinajstić information content (AvgIpc) is 2.82. The van der Waals surface area contributed by atoms with E-state index in [1.807, 2.05) is 6.07 Å². The van der Waals surface area contributed by atoms with E-state index in [0.29, 0.717) is 25.3 Å². The van der Waals surface area contributed by atoms with Gasteiger partial charge in [0.05, 0.1) is 0 Å². The van der Waals surface area contributed by atoms with Gasteiger partial charge in [-0.2, -0.15) is 0 Å². The maximum atomic E-state index is 12.9. The number of hydrogen-bond donors (Lipinski definition) is 1. The molecule has 0 aliphatic heterocycles. The third kappa shape index (κ3) is 3.99. The summed E-state index contributed by atoms with van der Waals surface area (Å²) in [6.45, 7) is 0.568. The molecule has 0 heterocycles. The lowest BCUT2D eigenvalue weighted by atomic mass is 10.1. The quantitative estimate of drug-likeness (QED) is 0.796. The fraction of sp³-hybridized carbons (Fsp3) is 0.400. The standard InChI is InChI=1S/C15H18FNO/c16-14-7-3-6-13(10-14)8-9-17-15(18)11-12-4-1-2-5-12/h1,3-4,6-7,10,12H,2,5,8-9,11H2,(H,17,18)/t12-/m0/s1. The fourth-order valence-electron chi connectivity index (χ4n) is 2.21. The molecule has 3 heteroatoms. The third-order valence-electron chi connectivity index (χ3n) is 3.18. The summed E-state index contributed by atoms with van der Waals surface area (Å²) in [6.07, 6.45) is 7.65. The molecule has 1 aliphatic rings. The zero-order valence-corrected chi connectivity index (χ0v) is 10.4. The van der Waals surface area contributed by atoms with Gasteiger partial charge in [0.1, 0.15) is 5.82 Å². The van der Waals surface area contributed by atoms with Crippen LogP contribution in [0.25, 0.3) is 0 Å². The first kappa shape index (κ1) is 12.8. The number of carbonyl (C=O) groups is 1. The molecule has 0 radical (unpaired) electrons. The minimum absolute atomic E-state index is 0.0861. The van der Waals surface area contributed by atoms with E-state index in [1.165, 1.54) is 12.1 Å². The van der Waals surface area contributed by atoms with Gasteiger partial charge in [-0.25, -0.2) is 4.39 Å². The van der Waals surface area contributed by atoms with Crippen LogP contribution in [0.1, 0.15) is 24.8 Å². The molecule has 96 valence electrons. The molecule has 1 aromatic carbocycles. The van der Waals surface area contributed by atoms with Crippen molar-refractivity contribution in [1.82, 2.24) is 5.32 Å². The first-order valence-electron chi connectivity index (χ1n) is 6.42. The monoisotopic (exact) mass is 247 g/mol. The summed E-state index contributed by atoms with van der Waals surface area (Å²) in [7, 11) is 0. The molecule has 0 bridgehead atoms. The van der Waals surface area contributed by atoms with Crippen LogP contribution in [0.4, 0.5) is 4.39 Å². The molecule has 1 aromatic rings. The van der Waals surface area contributed by atoms with Crippen molar-refractivity contribution in [3.8, 4) is 0 Å². The van der Waals surface area contributed by atoms with Gasteiger partial charge in [-0.3, -0.25) is 4.79 Å². The summed E-state index contributed by atoms with van der Waals surface area (Å²) >= 11 is 0. The van der Waals surface area contributed by atoms with Crippen molar-refractivity contribution >= 4 is 5.91 Å². The van der Waals surface area contributed by atoms with E-state index in [1.54, 1.807) is 6.07 Å². The topological polar surface area (TPSA) is 29.1 Å². The number of carbonyl (C=O) groups excluding carboxylic acids is 1. The SMILES string of the molecule is O=C(C[C@H]1C=CCC1)NCCc1cccc(F)c1. The minimum Gasteiger partial charge on any atom is -0.356 e. The minimum atomic E-state index is -0.227. The Morgan fingerprint density at radius 2 is 2.33 bits per heavy atom. The van der Waals surface area contributed by atoms with Crippen LogP contribution >= 0.6 is 0 Å². The molecule has 1 N–H and O–H groups in total. The molecule has 1 aliphatic carbocycles. The molecule has 2 nitrogen and oxygen atoms in total. The maximum Gasteiger partial charge on any atom is 0.220 e.